The number of phenols is 1. The molecule has 0 radical (unpaired) electrons. The fraction of sp³-hybridized carbons (Fsp3) is 0.414. The van der Waals surface area contributed by atoms with Crippen molar-refractivity contribution < 1.29 is 34.4 Å². The molecular formula is C29H32N2O7. The van der Waals surface area contributed by atoms with Crippen LogP contribution >= 0.6 is 0 Å². The van der Waals surface area contributed by atoms with E-state index >= 15 is 0 Å². The smallest absolute Gasteiger partial charge is 0.255 e. The van der Waals surface area contributed by atoms with E-state index in [1.165, 1.54) is 7.11 Å². The number of nitrogens with one attached hydrogen (secondary N) is 1. The standard InChI is InChI=1S/C29H32N2O7/c1-12(2)10-31-11-13-4-5-16-17(6-13)24(33)22-18(28(16)38-3)8-14-7-15-9-19(32)23(29(30)37)27(36)21(15)25(34)20(14)26(22)35/h4-6,12,14-15,21,31,33,35-36H,7-11H2,1-3H3,(H2,30,37). The van der Waals surface area contributed by atoms with Gasteiger partial charge in [0.05, 0.1) is 18.6 Å². The number of aliphatic hydroxyl groups is 2. The van der Waals surface area contributed by atoms with Crippen molar-refractivity contribution in [1.29, 1.82) is 0 Å². The zero-order valence-electron chi connectivity index (χ0n) is 21.6. The zero-order valence-corrected chi connectivity index (χ0v) is 21.6. The number of aliphatic hydroxyl groups excluding tert-OH is 2. The summed E-state index contributed by atoms with van der Waals surface area (Å²) < 4.78 is 5.77. The fourth-order valence-electron chi connectivity index (χ4n) is 6.37. The van der Waals surface area contributed by atoms with Crippen molar-refractivity contribution in [1.82, 2.24) is 5.32 Å². The van der Waals surface area contributed by atoms with E-state index in [9.17, 15) is 29.7 Å². The van der Waals surface area contributed by atoms with Crippen LogP contribution in [0.1, 0.15) is 43.4 Å². The molecule has 0 heterocycles. The van der Waals surface area contributed by atoms with Crippen molar-refractivity contribution in [3.05, 3.63) is 51.8 Å². The van der Waals surface area contributed by atoms with E-state index in [0.717, 1.165) is 12.1 Å². The van der Waals surface area contributed by atoms with E-state index in [1.54, 1.807) is 0 Å². The fourth-order valence-corrected chi connectivity index (χ4v) is 6.37. The van der Waals surface area contributed by atoms with E-state index in [0.29, 0.717) is 47.4 Å². The summed E-state index contributed by atoms with van der Waals surface area (Å²) in [6.07, 6.45) is 0.540. The average Bonchev–Trinajstić information content (AvgIpc) is 2.83. The topological polar surface area (TPSA) is 159 Å². The molecule has 9 nitrogen and oxygen atoms in total. The number of ether oxygens (including phenoxy) is 1. The van der Waals surface area contributed by atoms with E-state index in [-0.39, 0.29) is 29.1 Å². The molecule has 0 spiro atoms. The van der Waals surface area contributed by atoms with E-state index in [1.807, 2.05) is 18.2 Å². The van der Waals surface area contributed by atoms with Crippen LogP contribution in [-0.2, 0) is 27.3 Å². The van der Waals surface area contributed by atoms with Crippen LogP contribution in [0.5, 0.6) is 11.5 Å². The van der Waals surface area contributed by atoms with Crippen molar-refractivity contribution in [3.63, 3.8) is 0 Å². The van der Waals surface area contributed by atoms with Crippen LogP contribution in [0, 0.1) is 23.7 Å². The Morgan fingerprint density at radius 3 is 2.55 bits per heavy atom. The highest BCUT2D eigenvalue weighted by Crippen LogP contribution is 2.53. The van der Waals surface area contributed by atoms with Crippen molar-refractivity contribution in [2.75, 3.05) is 13.7 Å². The number of primary amides is 1. The third kappa shape index (κ3) is 3.93. The second-order valence-corrected chi connectivity index (χ2v) is 10.9. The van der Waals surface area contributed by atoms with Gasteiger partial charge >= 0.3 is 0 Å². The number of aromatic hydroxyl groups is 1. The molecule has 0 saturated heterocycles. The minimum Gasteiger partial charge on any atom is -0.511 e. The van der Waals surface area contributed by atoms with Crippen molar-refractivity contribution in [2.45, 2.75) is 39.7 Å². The van der Waals surface area contributed by atoms with Crippen LogP contribution in [0.15, 0.2) is 35.1 Å². The number of hydrogen-bond acceptors (Lipinski definition) is 8. The Labute approximate surface area is 220 Å². The number of Topliss-reactive ketones (excluding diaryl/α,β-unsaturated/α-hetero) is 2. The number of rotatable bonds is 6. The second kappa shape index (κ2) is 9.47. The number of benzene rings is 2. The molecule has 3 unspecified atom stereocenters. The van der Waals surface area contributed by atoms with Crippen LogP contribution < -0.4 is 15.8 Å². The number of hydrogen-bond donors (Lipinski definition) is 5. The van der Waals surface area contributed by atoms with Crippen LogP contribution in [-0.4, -0.2) is 46.4 Å². The molecule has 0 aromatic heterocycles. The highest BCUT2D eigenvalue weighted by molar-refractivity contribution is 6.21. The van der Waals surface area contributed by atoms with Crippen LogP contribution in [0.4, 0.5) is 0 Å². The molecule has 2 aromatic rings. The predicted octanol–water partition coefficient (Wildman–Crippen LogP) is 3.22. The zero-order chi connectivity index (χ0) is 27.5. The normalized spacial score (nSPS) is 23.0. The average molecular weight is 521 g/mol. The molecule has 1 fully saturated rings. The van der Waals surface area contributed by atoms with Gasteiger partial charge in [-0.05, 0) is 48.8 Å². The summed E-state index contributed by atoms with van der Waals surface area (Å²) in [4.78, 5) is 38.0. The summed E-state index contributed by atoms with van der Waals surface area (Å²) in [6, 6.07) is 5.68. The molecule has 5 rings (SSSR count). The van der Waals surface area contributed by atoms with Crippen molar-refractivity contribution in [3.8, 4) is 11.5 Å². The van der Waals surface area contributed by atoms with Crippen molar-refractivity contribution >= 4 is 34.0 Å². The molecule has 9 heteroatoms. The molecule has 0 bridgehead atoms. The van der Waals surface area contributed by atoms with Gasteiger partial charge in [-0.15, -0.1) is 0 Å². The number of fused-ring (bicyclic) bond motifs is 4. The maximum Gasteiger partial charge on any atom is 0.255 e. The summed E-state index contributed by atoms with van der Waals surface area (Å²) in [5, 5.41) is 38.1. The number of phenolic OH excluding ortho intramolecular Hbond substituents is 1. The Morgan fingerprint density at radius 1 is 1.16 bits per heavy atom. The predicted molar refractivity (Wildman–Crippen MR) is 141 cm³/mol. The number of amides is 1. The molecule has 3 aliphatic rings. The molecule has 3 aliphatic carbocycles. The van der Waals surface area contributed by atoms with Gasteiger partial charge in [0, 0.05) is 34.9 Å². The quantitative estimate of drug-likeness (QED) is 0.363. The minimum atomic E-state index is -1.15. The number of ketones is 2. The highest BCUT2D eigenvalue weighted by atomic mass is 16.5. The molecule has 200 valence electrons. The number of methoxy groups -OCH3 is 1. The Hall–Kier alpha value is -3.85. The minimum absolute atomic E-state index is 0.0786. The molecule has 1 saturated carbocycles. The maximum atomic E-state index is 13.7. The van der Waals surface area contributed by atoms with Gasteiger partial charge in [0.1, 0.15) is 28.6 Å². The Morgan fingerprint density at radius 2 is 1.89 bits per heavy atom. The molecule has 6 N–H and O–H groups in total. The number of carbonyl (C=O) groups is 3. The van der Waals surface area contributed by atoms with E-state index in [2.05, 4.69) is 19.2 Å². The van der Waals surface area contributed by atoms with Gasteiger partial charge in [0.2, 0.25) is 0 Å². The lowest BCUT2D eigenvalue weighted by Gasteiger charge is -2.41. The van der Waals surface area contributed by atoms with Gasteiger partial charge in [-0.3, -0.25) is 14.4 Å². The lowest BCUT2D eigenvalue weighted by atomic mass is 9.61. The largest absolute Gasteiger partial charge is 0.511 e. The first kappa shape index (κ1) is 25.8. The first-order valence-corrected chi connectivity index (χ1v) is 12.8. The Bertz CT molecular complexity index is 1450. The highest BCUT2D eigenvalue weighted by Gasteiger charge is 2.51. The van der Waals surface area contributed by atoms with Gasteiger partial charge in [-0.2, -0.15) is 0 Å². The first-order chi connectivity index (χ1) is 18.0. The summed E-state index contributed by atoms with van der Waals surface area (Å²) in [5.74, 6) is -4.52. The molecule has 38 heavy (non-hydrogen) atoms. The molecular weight excluding hydrogens is 488 g/mol. The third-order valence-electron chi connectivity index (χ3n) is 7.96. The summed E-state index contributed by atoms with van der Waals surface area (Å²) in [6.45, 7) is 5.66. The maximum absolute atomic E-state index is 13.7. The second-order valence-electron chi connectivity index (χ2n) is 10.9. The molecule has 3 atom stereocenters. The van der Waals surface area contributed by atoms with E-state index < -0.39 is 46.6 Å². The van der Waals surface area contributed by atoms with Gasteiger partial charge in [0.15, 0.2) is 11.6 Å². The van der Waals surface area contributed by atoms with Crippen LogP contribution in [0.3, 0.4) is 0 Å². The Balaban J connectivity index is 1.64. The summed E-state index contributed by atoms with van der Waals surface area (Å²) in [7, 11) is 1.52. The summed E-state index contributed by atoms with van der Waals surface area (Å²) in [5.41, 5.74) is 6.48. The lowest BCUT2D eigenvalue weighted by molar-refractivity contribution is -0.127. The summed E-state index contributed by atoms with van der Waals surface area (Å²) >= 11 is 0. The third-order valence-corrected chi connectivity index (χ3v) is 7.96. The van der Waals surface area contributed by atoms with Gasteiger partial charge in [0.25, 0.3) is 5.91 Å². The Kier molecular flexibility index (Phi) is 6.43. The van der Waals surface area contributed by atoms with Gasteiger partial charge < -0.3 is 31.1 Å². The van der Waals surface area contributed by atoms with E-state index in [4.69, 9.17) is 10.5 Å². The molecule has 1 amide bonds. The van der Waals surface area contributed by atoms with Crippen LogP contribution in [0.2, 0.25) is 0 Å². The van der Waals surface area contributed by atoms with Gasteiger partial charge in [-0.25, -0.2) is 0 Å². The monoisotopic (exact) mass is 520 g/mol. The number of nitrogens with two attached hydrogens (primary N) is 1. The lowest BCUT2D eigenvalue weighted by Crippen LogP contribution is -2.44. The number of carbonyl (C=O) groups excluding carboxylic acids is 3. The first-order valence-electron chi connectivity index (χ1n) is 12.8. The molecule has 0 aliphatic heterocycles. The molecule has 2 aromatic carbocycles. The van der Waals surface area contributed by atoms with Crippen molar-refractivity contribution in [2.24, 2.45) is 29.4 Å². The van der Waals surface area contributed by atoms with Gasteiger partial charge in [-0.1, -0.05) is 26.0 Å². The van der Waals surface area contributed by atoms with Crippen LogP contribution in [0.25, 0.3) is 16.5 Å². The SMILES string of the molecule is COc1c2c(c(O)c3cc(CNCC(C)C)ccc13)C(O)=C1C(=O)C3C(O)=C(C(N)=O)C(=O)CC3CC1C2. The number of allylic oxidation sites excluding steroid dienone is 2.